The number of carbonyl (C=O) groups is 1. The molecule has 0 bridgehead atoms. The third-order valence-corrected chi connectivity index (χ3v) is 3.02. The second kappa shape index (κ2) is 5.54. The lowest BCUT2D eigenvalue weighted by molar-refractivity contribution is 0.102. The average molecular weight is 279 g/mol. The largest absolute Gasteiger partial charge is 0.319 e. The van der Waals surface area contributed by atoms with Crippen LogP contribution in [0.15, 0.2) is 48.9 Å². The summed E-state index contributed by atoms with van der Waals surface area (Å²) in [6.07, 6.45) is 4.66. The highest BCUT2D eigenvalue weighted by Gasteiger charge is 2.11. The zero-order chi connectivity index (χ0) is 14.7. The van der Waals surface area contributed by atoms with E-state index in [2.05, 4.69) is 25.5 Å². The molecule has 0 saturated heterocycles. The third-order valence-electron chi connectivity index (χ3n) is 3.02. The van der Waals surface area contributed by atoms with Crippen LogP contribution in [0.4, 0.5) is 5.69 Å². The van der Waals surface area contributed by atoms with Crippen LogP contribution >= 0.6 is 0 Å². The minimum atomic E-state index is -0.239. The first-order chi connectivity index (χ1) is 10.2. The van der Waals surface area contributed by atoms with Crippen molar-refractivity contribution in [1.29, 1.82) is 0 Å². The molecule has 2 heterocycles. The summed E-state index contributed by atoms with van der Waals surface area (Å²) in [5.74, 6) is 0.380. The number of aromatic nitrogens is 4. The van der Waals surface area contributed by atoms with E-state index in [0.717, 1.165) is 5.56 Å². The number of nitrogens with zero attached hydrogens (tertiary/aromatic N) is 3. The van der Waals surface area contributed by atoms with Crippen molar-refractivity contribution in [2.75, 3.05) is 5.32 Å². The third kappa shape index (κ3) is 2.79. The Balaban J connectivity index is 1.76. The first-order valence-electron chi connectivity index (χ1n) is 6.43. The van der Waals surface area contributed by atoms with Crippen LogP contribution in [0.25, 0.3) is 11.4 Å². The topological polar surface area (TPSA) is 83.6 Å². The Bertz CT molecular complexity index is 749. The number of benzene rings is 1. The number of hydrogen-bond acceptors (Lipinski definition) is 4. The van der Waals surface area contributed by atoms with Crippen LogP contribution in [0.3, 0.4) is 0 Å². The molecule has 1 amide bonds. The molecule has 3 aromatic rings. The Kier molecular flexibility index (Phi) is 3.42. The van der Waals surface area contributed by atoms with E-state index in [0.29, 0.717) is 22.8 Å². The van der Waals surface area contributed by atoms with Gasteiger partial charge in [-0.2, -0.15) is 5.10 Å². The Labute approximate surface area is 121 Å². The van der Waals surface area contributed by atoms with Gasteiger partial charge in [-0.25, -0.2) is 9.97 Å². The van der Waals surface area contributed by atoms with E-state index in [1.807, 2.05) is 30.3 Å². The van der Waals surface area contributed by atoms with Gasteiger partial charge < -0.3 is 5.32 Å². The zero-order valence-corrected chi connectivity index (χ0v) is 11.4. The predicted molar refractivity (Wildman–Crippen MR) is 78.7 cm³/mol. The zero-order valence-electron chi connectivity index (χ0n) is 11.4. The molecule has 0 aliphatic heterocycles. The Morgan fingerprint density at radius 1 is 1.10 bits per heavy atom. The number of rotatable bonds is 3. The molecule has 0 unspecified atom stereocenters. The van der Waals surface area contributed by atoms with Crippen LogP contribution in [0, 0.1) is 6.92 Å². The summed E-state index contributed by atoms with van der Waals surface area (Å²) in [5, 5.41) is 9.28. The number of anilines is 1. The number of H-pyrrole nitrogens is 1. The van der Waals surface area contributed by atoms with E-state index < -0.39 is 0 Å². The van der Waals surface area contributed by atoms with Crippen molar-refractivity contribution in [1.82, 2.24) is 20.2 Å². The smallest absolute Gasteiger partial charge is 0.259 e. The summed E-state index contributed by atoms with van der Waals surface area (Å²) in [7, 11) is 0. The Hall–Kier alpha value is -3.02. The predicted octanol–water partition coefficient (Wildman–Crippen LogP) is 2.43. The highest BCUT2D eigenvalue weighted by atomic mass is 16.1. The van der Waals surface area contributed by atoms with E-state index in [-0.39, 0.29) is 5.91 Å². The Morgan fingerprint density at radius 3 is 2.43 bits per heavy atom. The monoisotopic (exact) mass is 279 g/mol. The molecule has 3 rings (SSSR count). The molecule has 0 aliphatic rings. The maximum atomic E-state index is 12.0. The van der Waals surface area contributed by atoms with E-state index in [4.69, 9.17) is 0 Å². The minimum Gasteiger partial charge on any atom is -0.319 e. The van der Waals surface area contributed by atoms with Crippen molar-refractivity contribution >= 4 is 11.6 Å². The fraction of sp³-hybridized carbons (Fsp3) is 0.0667. The highest BCUT2D eigenvalue weighted by molar-refractivity contribution is 6.04. The molecular weight excluding hydrogens is 266 g/mol. The maximum Gasteiger partial charge on any atom is 0.259 e. The van der Waals surface area contributed by atoms with Gasteiger partial charge in [-0.3, -0.25) is 9.89 Å². The molecule has 0 saturated carbocycles. The van der Waals surface area contributed by atoms with Gasteiger partial charge >= 0.3 is 0 Å². The average Bonchev–Trinajstić information content (AvgIpc) is 2.95. The quantitative estimate of drug-likeness (QED) is 0.771. The van der Waals surface area contributed by atoms with Crippen molar-refractivity contribution in [3.63, 3.8) is 0 Å². The van der Waals surface area contributed by atoms with Crippen LogP contribution in [0.1, 0.15) is 16.1 Å². The highest BCUT2D eigenvalue weighted by Crippen LogP contribution is 2.15. The van der Waals surface area contributed by atoms with Gasteiger partial charge in [0.1, 0.15) is 0 Å². The lowest BCUT2D eigenvalue weighted by Gasteiger charge is -2.05. The van der Waals surface area contributed by atoms with Crippen molar-refractivity contribution in [2.45, 2.75) is 6.92 Å². The number of hydrogen-bond donors (Lipinski definition) is 2. The van der Waals surface area contributed by atoms with Crippen LogP contribution in [0.2, 0.25) is 0 Å². The number of carbonyl (C=O) groups excluding carboxylic acids is 1. The lowest BCUT2D eigenvalue weighted by Crippen LogP contribution is -2.12. The number of aryl methyl sites for hydroxylation is 1. The molecule has 0 spiro atoms. The van der Waals surface area contributed by atoms with Crippen molar-refractivity contribution in [3.8, 4) is 11.4 Å². The molecular formula is C15H13N5O. The van der Waals surface area contributed by atoms with Gasteiger partial charge in [0.2, 0.25) is 0 Å². The second-order valence-electron chi connectivity index (χ2n) is 4.52. The number of amides is 1. The minimum absolute atomic E-state index is 0.239. The van der Waals surface area contributed by atoms with Gasteiger partial charge in [0.15, 0.2) is 5.82 Å². The van der Waals surface area contributed by atoms with Gasteiger partial charge in [0.05, 0.1) is 29.8 Å². The molecule has 0 radical (unpaired) electrons. The van der Waals surface area contributed by atoms with E-state index in [1.165, 1.54) is 6.20 Å². The van der Waals surface area contributed by atoms with Crippen molar-refractivity contribution < 1.29 is 4.79 Å². The normalized spacial score (nSPS) is 10.3. The summed E-state index contributed by atoms with van der Waals surface area (Å²) in [6, 6.07) is 9.66. The maximum absolute atomic E-state index is 12.0. The van der Waals surface area contributed by atoms with Crippen molar-refractivity contribution in [3.05, 3.63) is 60.2 Å². The van der Waals surface area contributed by atoms with Crippen LogP contribution in [-0.4, -0.2) is 26.1 Å². The van der Waals surface area contributed by atoms with Gasteiger partial charge in [-0.15, -0.1) is 0 Å². The molecule has 2 N–H and O–H groups in total. The van der Waals surface area contributed by atoms with Gasteiger partial charge in [0, 0.05) is 11.3 Å². The van der Waals surface area contributed by atoms with Crippen LogP contribution in [0.5, 0.6) is 0 Å². The molecule has 0 aliphatic carbocycles. The summed E-state index contributed by atoms with van der Waals surface area (Å²) < 4.78 is 0. The van der Waals surface area contributed by atoms with Crippen LogP contribution in [-0.2, 0) is 0 Å². The summed E-state index contributed by atoms with van der Waals surface area (Å²) in [5.41, 5.74) is 2.69. The molecule has 6 heteroatoms. The van der Waals surface area contributed by atoms with Gasteiger partial charge in [0.25, 0.3) is 5.91 Å². The van der Waals surface area contributed by atoms with E-state index in [1.54, 1.807) is 19.3 Å². The SMILES string of the molecule is Cc1[nH]ncc1C(=O)Nc1cnc(-c2ccccc2)nc1. The molecule has 1 aromatic carbocycles. The lowest BCUT2D eigenvalue weighted by atomic mass is 10.2. The van der Waals surface area contributed by atoms with E-state index >= 15 is 0 Å². The molecule has 0 fully saturated rings. The number of nitrogens with one attached hydrogen (secondary N) is 2. The number of aromatic amines is 1. The Morgan fingerprint density at radius 2 is 1.81 bits per heavy atom. The fourth-order valence-corrected chi connectivity index (χ4v) is 1.91. The fourth-order valence-electron chi connectivity index (χ4n) is 1.91. The van der Waals surface area contributed by atoms with Crippen LogP contribution < -0.4 is 5.32 Å². The second-order valence-corrected chi connectivity index (χ2v) is 4.52. The summed E-state index contributed by atoms with van der Waals surface area (Å²) in [6.45, 7) is 1.79. The first-order valence-corrected chi connectivity index (χ1v) is 6.43. The molecule has 21 heavy (non-hydrogen) atoms. The first kappa shape index (κ1) is 13.0. The van der Waals surface area contributed by atoms with Gasteiger partial charge in [-0.05, 0) is 6.92 Å². The van der Waals surface area contributed by atoms with Crippen molar-refractivity contribution in [2.24, 2.45) is 0 Å². The molecule has 104 valence electrons. The summed E-state index contributed by atoms with van der Waals surface area (Å²) in [4.78, 5) is 20.5. The molecule has 2 aromatic heterocycles. The van der Waals surface area contributed by atoms with Gasteiger partial charge in [-0.1, -0.05) is 30.3 Å². The molecule has 6 nitrogen and oxygen atoms in total. The van der Waals surface area contributed by atoms with E-state index in [9.17, 15) is 4.79 Å². The standard InChI is InChI=1S/C15H13N5O/c1-10-13(9-18-20-10)15(21)19-12-7-16-14(17-8-12)11-5-3-2-4-6-11/h2-9H,1H3,(H,18,20)(H,19,21). The summed E-state index contributed by atoms with van der Waals surface area (Å²) >= 11 is 0. The molecule has 0 atom stereocenters.